The number of pyridine rings is 3. The second-order valence-corrected chi connectivity index (χ2v) is 12.6. The van der Waals surface area contributed by atoms with E-state index in [9.17, 15) is 14.4 Å². The van der Waals surface area contributed by atoms with Crippen molar-refractivity contribution in [2.24, 2.45) is 0 Å². The van der Waals surface area contributed by atoms with Gasteiger partial charge in [-0.1, -0.05) is 6.07 Å². The lowest BCUT2D eigenvalue weighted by Crippen LogP contribution is -2.41. The van der Waals surface area contributed by atoms with Crippen LogP contribution < -0.4 is 4.90 Å². The molecule has 1 saturated heterocycles. The first-order valence-corrected chi connectivity index (χ1v) is 15.3. The van der Waals surface area contributed by atoms with Crippen LogP contribution in [0.15, 0.2) is 67.5 Å². The molecule has 0 aromatic carbocycles. The summed E-state index contributed by atoms with van der Waals surface area (Å²) in [5, 5.41) is 18.3. The lowest BCUT2D eigenvalue weighted by molar-refractivity contribution is 0.0204. The topological polar surface area (TPSA) is 117 Å². The van der Waals surface area contributed by atoms with Gasteiger partial charge in [-0.05, 0) is 81.8 Å². The Labute approximate surface area is 266 Å². The van der Waals surface area contributed by atoms with Crippen LogP contribution in [0.25, 0.3) is 22.5 Å². The zero-order valence-electron chi connectivity index (χ0n) is 26.6. The van der Waals surface area contributed by atoms with Crippen LogP contribution in [0.3, 0.4) is 0 Å². The minimum Gasteiger partial charge on any atom is -0.444 e. The highest BCUT2D eigenvalue weighted by Crippen LogP contribution is 2.35. The van der Waals surface area contributed by atoms with E-state index in [1.807, 2.05) is 58.4 Å². The van der Waals surface area contributed by atoms with Crippen LogP contribution in [0.5, 0.6) is 0 Å². The zero-order valence-corrected chi connectivity index (χ0v) is 26.6. The summed E-state index contributed by atoms with van der Waals surface area (Å²) in [6.45, 7) is 8.90. The third-order valence-corrected chi connectivity index (χ3v) is 8.41. The molecule has 11 nitrogen and oxygen atoms in total. The molecule has 1 fully saturated rings. The molecule has 6 rings (SSSR count). The minimum absolute atomic E-state index is 0.0455. The van der Waals surface area contributed by atoms with Crippen LogP contribution in [0, 0.1) is 17.1 Å². The summed E-state index contributed by atoms with van der Waals surface area (Å²) >= 11 is 0. The largest absolute Gasteiger partial charge is 0.444 e. The van der Waals surface area contributed by atoms with Crippen molar-refractivity contribution in [3.8, 4) is 23.0 Å². The molecule has 0 spiro atoms. The van der Waals surface area contributed by atoms with Gasteiger partial charge in [0.25, 0.3) is 0 Å². The van der Waals surface area contributed by atoms with Crippen molar-refractivity contribution in [1.29, 1.82) is 5.26 Å². The normalized spacial score (nSPS) is 14.7. The van der Waals surface area contributed by atoms with Crippen molar-refractivity contribution < 1.29 is 13.9 Å². The summed E-state index contributed by atoms with van der Waals surface area (Å²) < 4.78 is 22.1. The molecule has 0 N–H and O–H groups in total. The maximum Gasteiger partial charge on any atom is 0.410 e. The molecule has 0 bridgehead atoms. The summed E-state index contributed by atoms with van der Waals surface area (Å²) in [4.78, 5) is 25.7. The average Bonchev–Trinajstić information content (AvgIpc) is 3.69. The Balaban J connectivity index is 1.22. The van der Waals surface area contributed by atoms with Crippen molar-refractivity contribution in [3.05, 3.63) is 90.0 Å². The number of hydrogen-bond acceptors (Lipinski definition) is 8. The number of hydrogen-bond donors (Lipinski definition) is 0. The van der Waals surface area contributed by atoms with E-state index < -0.39 is 11.4 Å². The van der Waals surface area contributed by atoms with Crippen LogP contribution in [0.1, 0.15) is 69.2 Å². The van der Waals surface area contributed by atoms with Crippen molar-refractivity contribution in [2.45, 2.75) is 58.1 Å². The first-order valence-electron chi connectivity index (χ1n) is 15.3. The number of carbonyl (C=O) groups is 1. The molecule has 0 aliphatic carbocycles. The molecule has 1 amide bonds. The Morgan fingerprint density at radius 3 is 2.46 bits per heavy atom. The number of piperidine rings is 1. The number of nitrogens with zero attached hydrogens (tertiary/aromatic N) is 9. The van der Waals surface area contributed by atoms with E-state index in [0.29, 0.717) is 24.5 Å². The van der Waals surface area contributed by atoms with Crippen LogP contribution in [0.4, 0.5) is 15.0 Å². The highest BCUT2D eigenvalue weighted by Gasteiger charge is 2.28. The maximum atomic E-state index is 13.4. The number of aromatic nitrogens is 6. The molecule has 5 aromatic rings. The van der Waals surface area contributed by atoms with Crippen LogP contribution in [0.2, 0.25) is 0 Å². The molecule has 0 radical (unpaired) electrons. The number of carbonyl (C=O) groups excluding carboxylic acids is 1. The SMILES string of the molecule is CC(c1ccc(-n2cc(F)cn2)nc1)N(C)c1ccc(-c2cc(C3CCN(C(=O)OC(C)(C)C)CC3)cn3ncc(C#N)c23)cn1. The molecule has 1 unspecified atom stereocenters. The predicted molar refractivity (Wildman–Crippen MR) is 171 cm³/mol. The summed E-state index contributed by atoms with van der Waals surface area (Å²) in [7, 11) is 1.97. The molecule has 46 heavy (non-hydrogen) atoms. The Morgan fingerprint density at radius 1 is 1.07 bits per heavy atom. The van der Waals surface area contributed by atoms with Gasteiger partial charge in [-0.25, -0.2) is 28.4 Å². The summed E-state index contributed by atoms with van der Waals surface area (Å²) in [6, 6.07) is 12.1. The van der Waals surface area contributed by atoms with E-state index >= 15 is 0 Å². The smallest absolute Gasteiger partial charge is 0.410 e. The van der Waals surface area contributed by atoms with Crippen molar-refractivity contribution in [3.63, 3.8) is 0 Å². The fourth-order valence-electron chi connectivity index (χ4n) is 5.77. The summed E-state index contributed by atoms with van der Waals surface area (Å²) in [5.41, 5.74) is 4.51. The molecular weight excluding hydrogens is 585 g/mol. The molecule has 1 aliphatic rings. The number of anilines is 1. The van der Waals surface area contributed by atoms with Gasteiger partial charge in [0.15, 0.2) is 11.6 Å². The van der Waals surface area contributed by atoms with Gasteiger partial charge in [-0.3, -0.25) is 0 Å². The number of fused-ring (bicyclic) bond motifs is 1. The first kappa shape index (κ1) is 30.7. The number of rotatable bonds is 6. The third-order valence-electron chi connectivity index (χ3n) is 8.41. The molecule has 0 saturated carbocycles. The zero-order chi connectivity index (χ0) is 32.6. The van der Waals surface area contributed by atoms with Crippen LogP contribution in [-0.2, 0) is 4.74 Å². The van der Waals surface area contributed by atoms with Crippen molar-refractivity contribution in [2.75, 3.05) is 25.0 Å². The molecular formula is C34H36FN9O2. The van der Waals surface area contributed by atoms with Gasteiger partial charge in [0.2, 0.25) is 0 Å². The van der Waals surface area contributed by atoms with E-state index in [1.165, 1.54) is 10.9 Å². The van der Waals surface area contributed by atoms with E-state index in [0.717, 1.165) is 52.6 Å². The van der Waals surface area contributed by atoms with Gasteiger partial charge >= 0.3 is 6.09 Å². The fourth-order valence-corrected chi connectivity index (χ4v) is 5.77. The minimum atomic E-state index is -0.532. The second-order valence-electron chi connectivity index (χ2n) is 12.6. The second kappa shape index (κ2) is 12.2. The van der Waals surface area contributed by atoms with Gasteiger partial charge in [-0.2, -0.15) is 15.5 Å². The van der Waals surface area contributed by atoms with E-state index in [-0.39, 0.29) is 18.1 Å². The predicted octanol–water partition coefficient (Wildman–Crippen LogP) is 6.30. The highest BCUT2D eigenvalue weighted by molar-refractivity contribution is 5.85. The summed E-state index contributed by atoms with van der Waals surface area (Å²) in [6.07, 6.45) is 10.9. The molecule has 236 valence electrons. The van der Waals surface area contributed by atoms with E-state index in [2.05, 4.69) is 39.1 Å². The van der Waals surface area contributed by atoms with Gasteiger partial charge in [0.1, 0.15) is 17.5 Å². The quantitative estimate of drug-likeness (QED) is 0.217. The monoisotopic (exact) mass is 621 g/mol. The van der Waals surface area contributed by atoms with Crippen LogP contribution in [-0.4, -0.2) is 66.1 Å². The van der Waals surface area contributed by atoms with Crippen molar-refractivity contribution in [1.82, 2.24) is 34.3 Å². The molecule has 12 heteroatoms. The Kier molecular flexibility index (Phi) is 8.17. The lowest BCUT2D eigenvalue weighted by Gasteiger charge is -2.33. The number of likely N-dealkylation sites (tertiary alicyclic amines) is 1. The standard InChI is InChI=1S/C34H36FN9O2/c1-22(24-6-9-31(38-16-24)43-21-28(35)19-40-43)41(5)30-8-7-25(17-37-30)29-14-26(20-44-32(29)27(15-36)18-39-44)23-10-12-42(13-11-23)33(45)46-34(2,3)4/h6-9,14,16-23H,10-13H2,1-5H3. The number of amides is 1. The van der Waals surface area contributed by atoms with Gasteiger partial charge < -0.3 is 14.5 Å². The van der Waals surface area contributed by atoms with Crippen LogP contribution >= 0.6 is 0 Å². The maximum absolute atomic E-state index is 13.4. The highest BCUT2D eigenvalue weighted by atomic mass is 19.1. The Bertz CT molecular complexity index is 1890. The lowest BCUT2D eigenvalue weighted by atomic mass is 9.89. The van der Waals surface area contributed by atoms with Gasteiger partial charge in [0.05, 0.1) is 35.7 Å². The molecule has 5 aromatic heterocycles. The first-order chi connectivity index (χ1) is 22.0. The Morgan fingerprint density at radius 2 is 1.85 bits per heavy atom. The van der Waals surface area contributed by atoms with Crippen molar-refractivity contribution >= 4 is 17.4 Å². The molecule has 1 aliphatic heterocycles. The molecule has 6 heterocycles. The molecule has 1 atom stereocenters. The summed E-state index contributed by atoms with van der Waals surface area (Å²) in [5.74, 6) is 1.11. The fraction of sp³-hybridized carbons (Fsp3) is 0.353. The third kappa shape index (κ3) is 6.26. The Hall–Kier alpha value is -5.31. The van der Waals surface area contributed by atoms with Gasteiger partial charge in [-0.15, -0.1) is 0 Å². The average molecular weight is 622 g/mol. The number of ether oxygens (including phenoxy) is 1. The number of nitriles is 1. The van der Waals surface area contributed by atoms with Gasteiger partial charge in [0, 0.05) is 49.9 Å². The number of halogens is 1. The van der Waals surface area contributed by atoms with E-state index in [1.54, 1.807) is 27.9 Å². The van der Waals surface area contributed by atoms with E-state index in [4.69, 9.17) is 9.72 Å².